The van der Waals surface area contributed by atoms with Crippen LogP contribution in [0.1, 0.15) is 79.6 Å². The molecule has 3 aliphatic carbocycles. The van der Waals surface area contributed by atoms with Gasteiger partial charge in [-0.1, -0.05) is 34.6 Å². The van der Waals surface area contributed by atoms with Gasteiger partial charge in [0.15, 0.2) is 0 Å². The van der Waals surface area contributed by atoms with E-state index < -0.39 is 0 Å². The SMILES string of the molecule is CC(C)NCCC1(OC2CC3CCC2(C)C3(C)C)CCC1. The van der Waals surface area contributed by atoms with Crippen LogP contribution in [0.2, 0.25) is 0 Å². The Morgan fingerprint density at radius 1 is 1.14 bits per heavy atom. The molecular formula is C19H35NO. The van der Waals surface area contributed by atoms with Crippen LogP contribution in [0, 0.1) is 16.7 Å². The van der Waals surface area contributed by atoms with E-state index in [1.165, 1.54) is 44.9 Å². The van der Waals surface area contributed by atoms with Gasteiger partial charge in [0.2, 0.25) is 0 Å². The van der Waals surface area contributed by atoms with Crippen molar-refractivity contribution in [2.75, 3.05) is 6.54 Å². The first-order valence-corrected chi connectivity index (χ1v) is 9.20. The smallest absolute Gasteiger partial charge is 0.0698 e. The molecule has 2 heteroatoms. The van der Waals surface area contributed by atoms with Crippen LogP contribution in [-0.4, -0.2) is 24.3 Å². The van der Waals surface area contributed by atoms with Crippen LogP contribution in [0.25, 0.3) is 0 Å². The van der Waals surface area contributed by atoms with Crippen molar-refractivity contribution >= 4 is 0 Å². The molecule has 2 bridgehead atoms. The third-order valence-electron chi connectivity index (χ3n) is 7.50. The van der Waals surface area contributed by atoms with Gasteiger partial charge in [-0.05, 0) is 68.2 Å². The number of nitrogens with one attached hydrogen (secondary N) is 1. The molecule has 0 spiro atoms. The minimum atomic E-state index is 0.204. The third-order valence-corrected chi connectivity index (χ3v) is 7.50. The molecule has 0 saturated heterocycles. The van der Waals surface area contributed by atoms with Crippen molar-refractivity contribution in [3.8, 4) is 0 Å². The van der Waals surface area contributed by atoms with Gasteiger partial charge in [-0.25, -0.2) is 0 Å². The van der Waals surface area contributed by atoms with Crippen LogP contribution in [0.15, 0.2) is 0 Å². The van der Waals surface area contributed by atoms with Crippen molar-refractivity contribution in [2.24, 2.45) is 16.7 Å². The summed E-state index contributed by atoms with van der Waals surface area (Å²) >= 11 is 0. The van der Waals surface area contributed by atoms with E-state index in [0.717, 1.165) is 12.5 Å². The van der Waals surface area contributed by atoms with Crippen LogP contribution in [0.4, 0.5) is 0 Å². The Bertz CT molecular complexity index is 385. The predicted molar refractivity (Wildman–Crippen MR) is 88.4 cm³/mol. The minimum Gasteiger partial charge on any atom is -0.371 e. The Morgan fingerprint density at radius 2 is 1.86 bits per heavy atom. The molecule has 0 amide bonds. The Kier molecular flexibility index (Phi) is 3.94. The van der Waals surface area contributed by atoms with Crippen molar-refractivity contribution in [3.05, 3.63) is 0 Å². The highest BCUT2D eigenvalue weighted by Crippen LogP contribution is 2.67. The zero-order valence-corrected chi connectivity index (χ0v) is 14.8. The zero-order chi connectivity index (χ0) is 15.3. The first kappa shape index (κ1) is 15.8. The largest absolute Gasteiger partial charge is 0.371 e. The standard InChI is InChI=1S/C19H35NO/c1-14(2)20-12-11-19(8-6-9-19)21-16-13-15-7-10-18(16,5)17(15,3)4/h14-16,20H,6-13H2,1-5H3. The maximum atomic E-state index is 6.85. The van der Waals surface area contributed by atoms with Crippen LogP contribution in [-0.2, 0) is 4.74 Å². The highest BCUT2D eigenvalue weighted by molar-refractivity contribution is 5.12. The second kappa shape index (κ2) is 5.23. The van der Waals surface area contributed by atoms with Gasteiger partial charge < -0.3 is 10.1 Å². The molecule has 21 heavy (non-hydrogen) atoms. The normalized spacial score (nSPS) is 39.7. The highest BCUT2D eigenvalue weighted by atomic mass is 16.5. The number of hydrogen-bond acceptors (Lipinski definition) is 2. The summed E-state index contributed by atoms with van der Waals surface area (Å²) in [6.45, 7) is 13.0. The molecule has 0 aromatic heterocycles. The summed E-state index contributed by atoms with van der Waals surface area (Å²) in [4.78, 5) is 0. The van der Waals surface area contributed by atoms with Gasteiger partial charge in [0.05, 0.1) is 11.7 Å². The number of ether oxygens (including phenoxy) is 1. The van der Waals surface area contributed by atoms with E-state index in [-0.39, 0.29) is 5.60 Å². The number of rotatable bonds is 6. The second-order valence-corrected chi connectivity index (χ2v) is 9.11. The fraction of sp³-hybridized carbons (Fsp3) is 1.00. The fourth-order valence-corrected chi connectivity index (χ4v) is 5.20. The van der Waals surface area contributed by atoms with E-state index in [1.54, 1.807) is 0 Å². The Labute approximate surface area is 131 Å². The topological polar surface area (TPSA) is 21.3 Å². The average molecular weight is 293 g/mol. The lowest BCUT2D eigenvalue weighted by atomic mass is 9.69. The molecule has 2 nitrogen and oxygen atoms in total. The van der Waals surface area contributed by atoms with Crippen LogP contribution in [0.5, 0.6) is 0 Å². The summed E-state index contributed by atoms with van der Waals surface area (Å²) in [5.41, 5.74) is 1.08. The molecule has 0 aromatic rings. The molecule has 0 aromatic carbocycles. The zero-order valence-electron chi connectivity index (χ0n) is 14.8. The quantitative estimate of drug-likeness (QED) is 0.777. The van der Waals surface area contributed by atoms with Gasteiger partial charge in [0, 0.05) is 6.04 Å². The van der Waals surface area contributed by atoms with Crippen molar-refractivity contribution in [2.45, 2.75) is 97.3 Å². The highest BCUT2D eigenvalue weighted by Gasteiger charge is 2.63. The molecule has 3 atom stereocenters. The molecule has 3 unspecified atom stereocenters. The summed E-state index contributed by atoms with van der Waals surface area (Å²) in [7, 11) is 0. The maximum absolute atomic E-state index is 6.85. The van der Waals surface area contributed by atoms with E-state index in [9.17, 15) is 0 Å². The molecule has 1 N–H and O–H groups in total. The summed E-state index contributed by atoms with van der Waals surface area (Å²) in [5, 5.41) is 3.57. The number of fused-ring (bicyclic) bond motifs is 2. The van der Waals surface area contributed by atoms with E-state index in [2.05, 4.69) is 39.9 Å². The molecule has 3 aliphatic rings. The van der Waals surface area contributed by atoms with Crippen LogP contribution in [0.3, 0.4) is 0 Å². The van der Waals surface area contributed by atoms with Crippen LogP contribution < -0.4 is 5.32 Å². The van der Waals surface area contributed by atoms with Gasteiger partial charge in [-0.3, -0.25) is 0 Å². The third kappa shape index (κ3) is 2.47. The first-order valence-electron chi connectivity index (χ1n) is 9.20. The molecule has 3 saturated carbocycles. The van der Waals surface area contributed by atoms with Crippen LogP contribution >= 0.6 is 0 Å². The fourth-order valence-electron chi connectivity index (χ4n) is 5.20. The monoisotopic (exact) mass is 293 g/mol. The summed E-state index contributed by atoms with van der Waals surface area (Å²) in [5.74, 6) is 0.887. The summed E-state index contributed by atoms with van der Waals surface area (Å²) in [6, 6.07) is 0.584. The molecule has 0 aliphatic heterocycles. The van der Waals surface area contributed by atoms with Gasteiger partial charge in [0.1, 0.15) is 0 Å². The predicted octanol–water partition coefficient (Wildman–Crippen LogP) is 4.53. The lowest BCUT2D eigenvalue weighted by molar-refractivity contribution is -0.180. The summed E-state index contributed by atoms with van der Waals surface area (Å²) in [6.07, 6.45) is 9.73. The van der Waals surface area contributed by atoms with Crippen molar-refractivity contribution in [3.63, 3.8) is 0 Å². The van der Waals surface area contributed by atoms with E-state index >= 15 is 0 Å². The second-order valence-electron chi connectivity index (χ2n) is 9.11. The van der Waals surface area contributed by atoms with Crippen molar-refractivity contribution in [1.29, 1.82) is 0 Å². The minimum absolute atomic E-state index is 0.204. The molecule has 0 radical (unpaired) electrons. The van der Waals surface area contributed by atoms with Gasteiger partial charge >= 0.3 is 0 Å². The van der Waals surface area contributed by atoms with Crippen molar-refractivity contribution in [1.82, 2.24) is 5.32 Å². The summed E-state index contributed by atoms with van der Waals surface area (Å²) < 4.78 is 6.85. The Balaban J connectivity index is 1.63. The molecule has 122 valence electrons. The lowest BCUT2D eigenvalue weighted by Gasteiger charge is -2.48. The van der Waals surface area contributed by atoms with E-state index in [4.69, 9.17) is 4.74 Å². The molecule has 0 heterocycles. The van der Waals surface area contributed by atoms with E-state index in [1.807, 2.05) is 0 Å². The van der Waals surface area contributed by atoms with E-state index in [0.29, 0.717) is 23.0 Å². The van der Waals surface area contributed by atoms with Gasteiger partial charge in [-0.2, -0.15) is 0 Å². The maximum Gasteiger partial charge on any atom is 0.0698 e. The molecule has 3 rings (SSSR count). The molecular weight excluding hydrogens is 258 g/mol. The average Bonchev–Trinajstić information content (AvgIpc) is 2.68. The van der Waals surface area contributed by atoms with Gasteiger partial charge in [0.25, 0.3) is 0 Å². The Hall–Kier alpha value is -0.0800. The number of hydrogen-bond donors (Lipinski definition) is 1. The lowest BCUT2D eigenvalue weighted by Crippen LogP contribution is -2.49. The first-order chi connectivity index (χ1) is 9.79. The Morgan fingerprint density at radius 3 is 2.29 bits per heavy atom. The van der Waals surface area contributed by atoms with Crippen molar-refractivity contribution < 1.29 is 4.74 Å². The molecule has 3 fully saturated rings. The van der Waals surface area contributed by atoms with Gasteiger partial charge in [-0.15, -0.1) is 0 Å².